The first-order valence-corrected chi connectivity index (χ1v) is 32.8. The molecule has 18 nitrogen and oxygen atoms in total. The van der Waals surface area contributed by atoms with Gasteiger partial charge in [-0.2, -0.15) is 35.1 Å². The SMILES string of the molecule is CCC(C)(C)C(=O)OCCOC(=O)C(F)(F)C(=O)OC12CC3CC(CC(C3)C1)C2.CCC(C)(C)C(=O)OCCOC(=O)C(F)(F)CC(=O)OC12CC3CC(CC(C3)C1)C2.CCC(C)(C)C(=O)OCCOC(=O)C(F)(F)CC(F)(F)C(=O)OC12CC3CC(CC(C3)C1)C2. The highest BCUT2D eigenvalue weighted by atomic mass is 19.3. The van der Waals surface area contributed by atoms with E-state index in [-0.39, 0.29) is 13.2 Å². The van der Waals surface area contributed by atoms with E-state index in [1.807, 2.05) is 13.8 Å². The van der Waals surface area contributed by atoms with Crippen molar-refractivity contribution in [2.45, 2.75) is 250 Å². The molecule has 12 aliphatic rings. The maximum atomic E-state index is 14.4. The topological polar surface area (TPSA) is 237 Å². The van der Waals surface area contributed by atoms with Gasteiger partial charge in [0.05, 0.1) is 22.7 Å². The lowest BCUT2D eigenvalue weighted by atomic mass is 9.54. The van der Waals surface area contributed by atoms with E-state index in [1.54, 1.807) is 48.5 Å². The van der Waals surface area contributed by atoms with Gasteiger partial charge in [0.25, 0.3) is 0 Å². The van der Waals surface area contributed by atoms with Gasteiger partial charge >= 0.3 is 77.4 Å². The molecule has 0 aliphatic heterocycles. The molecule has 0 aromatic rings. The fourth-order valence-corrected chi connectivity index (χ4v) is 16.2. The predicted octanol–water partition coefficient (Wildman–Crippen LogP) is 12.4. The first-order chi connectivity index (χ1) is 42.6. The van der Waals surface area contributed by atoms with Gasteiger partial charge in [0.15, 0.2) is 0 Å². The van der Waals surface area contributed by atoms with Crippen LogP contribution in [-0.4, -0.2) is 134 Å². The van der Waals surface area contributed by atoms with Gasteiger partial charge in [-0.1, -0.05) is 20.8 Å². The van der Waals surface area contributed by atoms with Gasteiger partial charge in [0.1, 0.15) is 62.9 Å². The lowest BCUT2D eigenvalue weighted by Gasteiger charge is -2.55. The summed E-state index contributed by atoms with van der Waals surface area (Å²) in [5.41, 5.74) is -4.72. The predicted molar refractivity (Wildman–Crippen MR) is 308 cm³/mol. The fraction of sp³-hybridized carbons (Fsp3) is 0.864. The van der Waals surface area contributed by atoms with E-state index in [0.717, 1.165) is 77.0 Å². The molecule has 0 aromatic heterocycles. The Morgan fingerprint density at radius 3 is 0.826 bits per heavy atom. The molecule has 12 bridgehead atoms. The van der Waals surface area contributed by atoms with E-state index in [1.165, 1.54) is 0 Å². The van der Waals surface area contributed by atoms with E-state index in [9.17, 15) is 78.3 Å². The fourth-order valence-electron chi connectivity index (χ4n) is 16.2. The highest BCUT2D eigenvalue weighted by Gasteiger charge is 2.61. The van der Waals surface area contributed by atoms with Crippen molar-refractivity contribution in [3.05, 3.63) is 0 Å². The molecule has 0 heterocycles. The van der Waals surface area contributed by atoms with E-state index in [4.69, 9.17) is 28.4 Å². The third-order valence-electron chi connectivity index (χ3n) is 21.1. The molecule has 0 amide bonds. The van der Waals surface area contributed by atoms with Gasteiger partial charge in [-0.15, -0.1) is 0 Å². The van der Waals surface area contributed by atoms with Crippen molar-refractivity contribution < 1.29 is 121 Å². The summed E-state index contributed by atoms with van der Waals surface area (Å²) in [5, 5.41) is 0. The monoisotopic (exact) mass is 1330 g/mol. The molecule has 92 heavy (non-hydrogen) atoms. The van der Waals surface area contributed by atoms with E-state index < -0.39 is 150 Å². The number of hydrogen-bond donors (Lipinski definition) is 0. The number of ether oxygens (including phenoxy) is 9. The molecule has 0 spiro atoms. The van der Waals surface area contributed by atoms with Crippen LogP contribution in [0.25, 0.3) is 0 Å². The summed E-state index contributed by atoms with van der Waals surface area (Å²) >= 11 is 0. The highest BCUT2D eigenvalue weighted by Crippen LogP contribution is 2.60. The van der Waals surface area contributed by atoms with Gasteiger partial charge in [0, 0.05) is 0 Å². The molecule has 0 radical (unpaired) electrons. The molecule has 0 saturated heterocycles. The zero-order chi connectivity index (χ0) is 68.3. The van der Waals surface area contributed by atoms with Crippen molar-refractivity contribution in [3.63, 3.8) is 0 Å². The van der Waals surface area contributed by atoms with Crippen LogP contribution in [0.2, 0.25) is 0 Å². The van der Waals surface area contributed by atoms with Crippen LogP contribution in [0.3, 0.4) is 0 Å². The van der Waals surface area contributed by atoms with Crippen LogP contribution in [0.4, 0.5) is 35.1 Å². The Kier molecular flexibility index (Phi) is 23.0. The first kappa shape index (κ1) is 74.1. The summed E-state index contributed by atoms with van der Waals surface area (Å²) in [5.74, 6) is -26.3. The minimum Gasteiger partial charge on any atom is -0.462 e. The zero-order valence-corrected chi connectivity index (χ0v) is 54.6. The maximum absolute atomic E-state index is 14.4. The van der Waals surface area contributed by atoms with Gasteiger partial charge in [-0.05, 0) is 230 Å². The molecule has 26 heteroatoms. The third kappa shape index (κ3) is 18.4. The van der Waals surface area contributed by atoms with Gasteiger partial charge in [-0.3, -0.25) is 19.2 Å². The van der Waals surface area contributed by atoms with E-state index in [0.29, 0.717) is 111 Å². The Morgan fingerprint density at radius 1 is 0.315 bits per heavy atom. The average molecular weight is 1330 g/mol. The van der Waals surface area contributed by atoms with E-state index in [2.05, 4.69) is 14.2 Å². The van der Waals surface area contributed by atoms with E-state index >= 15 is 0 Å². The van der Waals surface area contributed by atoms with Crippen molar-refractivity contribution in [3.8, 4) is 0 Å². The second-order valence-electron chi connectivity index (χ2n) is 30.1. The Morgan fingerprint density at radius 2 is 0.543 bits per heavy atom. The molecular weight excluding hydrogens is 1230 g/mol. The second kappa shape index (κ2) is 28.5. The number of hydrogen-bond acceptors (Lipinski definition) is 18. The summed E-state index contributed by atoms with van der Waals surface area (Å²) in [4.78, 5) is 107. The minimum atomic E-state index is -4.61. The lowest BCUT2D eigenvalue weighted by molar-refractivity contribution is -0.220. The lowest BCUT2D eigenvalue weighted by Crippen LogP contribution is -2.55. The summed E-state index contributed by atoms with van der Waals surface area (Å²) < 4.78 is 158. The number of rotatable bonds is 27. The summed E-state index contributed by atoms with van der Waals surface area (Å²) in [6.45, 7) is 12.5. The number of esters is 9. The van der Waals surface area contributed by atoms with Crippen molar-refractivity contribution in [1.29, 1.82) is 0 Å². The average Bonchev–Trinajstić information content (AvgIpc) is 0.774. The Bertz CT molecular complexity index is 2600. The van der Waals surface area contributed by atoms with Gasteiger partial charge in [-0.25, -0.2) is 24.0 Å². The van der Waals surface area contributed by atoms with Crippen molar-refractivity contribution in [1.82, 2.24) is 0 Å². The largest absolute Gasteiger partial charge is 0.462 e. The maximum Gasteiger partial charge on any atom is 0.437 e. The Balaban J connectivity index is 0.000000196. The smallest absolute Gasteiger partial charge is 0.437 e. The van der Waals surface area contributed by atoms with Crippen molar-refractivity contribution in [2.24, 2.45) is 69.5 Å². The Labute approximate surface area is 532 Å². The summed E-state index contributed by atoms with van der Waals surface area (Å²) in [7, 11) is 0. The number of carbonyl (C=O) groups excluding carboxylic acids is 9. The second-order valence-corrected chi connectivity index (χ2v) is 30.1. The number of halogens is 8. The molecule has 0 atom stereocenters. The normalized spacial score (nSPS) is 29.9. The van der Waals surface area contributed by atoms with Crippen molar-refractivity contribution >= 4 is 53.7 Å². The summed E-state index contributed by atoms with van der Waals surface area (Å²) in [6, 6.07) is 0. The number of alkyl halides is 8. The molecule has 522 valence electrons. The van der Waals surface area contributed by atoms with Crippen LogP contribution in [-0.2, 0) is 85.8 Å². The molecule has 12 aliphatic carbocycles. The summed E-state index contributed by atoms with van der Waals surface area (Å²) in [6.07, 6.45) is 12.9. The van der Waals surface area contributed by atoms with Crippen LogP contribution >= 0.6 is 0 Å². The molecule has 12 fully saturated rings. The highest BCUT2D eigenvalue weighted by molar-refractivity contribution is 6.01. The van der Waals surface area contributed by atoms with Crippen LogP contribution in [0, 0.1) is 69.5 Å². The van der Waals surface area contributed by atoms with Crippen LogP contribution in [0.1, 0.15) is 210 Å². The minimum absolute atomic E-state index is 0.311. The van der Waals surface area contributed by atoms with Crippen LogP contribution in [0.5, 0.6) is 0 Å². The van der Waals surface area contributed by atoms with Gasteiger partial charge < -0.3 is 42.6 Å². The molecular formula is C66H94F8O18. The molecule has 0 N–H and O–H groups in total. The Hall–Kier alpha value is -5.33. The number of carbonyl (C=O) groups is 9. The zero-order valence-electron chi connectivity index (χ0n) is 54.6. The first-order valence-electron chi connectivity index (χ1n) is 32.8. The third-order valence-corrected chi connectivity index (χ3v) is 21.1. The standard InChI is InChI=1S/C23H32F4O6.C22H32F2O6.C21H30F2O6/c1-4-20(2,3)17(28)31-5-6-32-18(29)22(24,25)13-23(26,27)19(30)33-21-10-14-7-15(11-21)9-16(8-14)12-21;1-4-20(2,3)18(26)28-5-6-29-19(27)22(23,24)13-17(25)30-21-10-14-7-15(11-21)9-16(8-14)12-21;1-4-19(2,3)16(24)27-5-6-28-17(25)21(22,23)18(26)29-20-10-13-7-14(11-20)9-15(8-13)12-20/h14-16H,4-13H2,1-3H3;14-16H,4-13H2,1-3H3;13-15H,4-12H2,1-3H3. The van der Waals surface area contributed by atoms with Crippen LogP contribution in [0.15, 0.2) is 0 Å². The molecule has 12 saturated carbocycles. The van der Waals surface area contributed by atoms with Crippen molar-refractivity contribution in [2.75, 3.05) is 39.6 Å². The molecule has 0 unspecified atom stereocenters. The molecule has 0 aromatic carbocycles. The molecule has 12 rings (SSSR count). The van der Waals surface area contributed by atoms with Crippen LogP contribution < -0.4 is 0 Å². The van der Waals surface area contributed by atoms with Gasteiger partial charge in [0.2, 0.25) is 0 Å². The quantitative estimate of drug-likeness (QED) is 0.0244.